The summed E-state index contributed by atoms with van der Waals surface area (Å²) in [7, 11) is 1.20. The van der Waals surface area contributed by atoms with E-state index < -0.39 is 17.7 Å². The first-order valence-corrected chi connectivity index (χ1v) is 6.07. The lowest BCUT2D eigenvalue weighted by atomic mass is 10.2. The number of benzene rings is 1. The van der Waals surface area contributed by atoms with Gasteiger partial charge >= 0.3 is 5.97 Å². The lowest BCUT2D eigenvalue weighted by Gasteiger charge is -2.07. The van der Waals surface area contributed by atoms with Crippen molar-refractivity contribution in [3.05, 3.63) is 52.6 Å². The molecule has 0 spiro atoms. The summed E-state index contributed by atoms with van der Waals surface area (Å²) in [5.41, 5.74) is -0.0988. The molecule has 6 nitrogen and oxygen atoms in total. The lowest BCUT2D eigenvalue weighted by Crippen LogP contribution is -2.16. The number of hydrogen-bond acceptors (Lipinski definition) is 5. The molecule has 0 unspecified atom stereocenters. The third kappa shape index (κ3) is 3.51. The molecule has 0 fully saturated rings. The van der Waals surface area contributed by atoms with Crippen LogP contribution in [-0.4, -0.2) is 29.2 Å². The van der Waals surface area contributed by atoms with Gasteiger partial charge in [0.25, 0.3) is 5.91 Å². The van der Waals surface area contributed by atoms with E-state index in [0.29, 0.717) is 0 Å². The van der Waals surface area contributed by atoms with Gasteiger partial charge < -0.3 is 10.1 Å². The molecule has 1 amide bonds. The molecule has 0 atom stereocenters. The van der Waals surface area contributed by atoms with Gasteiger partial charge in [-0.1, -0.05) is 11.6 Å². The minimum absolute atomic E-state index is 0.0396. The van der Waals surface area contributed by atoms with E-state index in [-0.39, 0.29) is 22.1 Å². The molecule has 2 aromatic rings. The number of carbonyl (C=O) groups excluding carboxylic acids is 2. The van der Waals surface area contributed by atoms with Crippen molar-refractivity contribution in [1.29, 1.82) is 0 Å². The first-order valence-electron chi connectivity index (χ1n) is 5.69. The van der Waals surface area contributed by atoms with Crippen LogP contribution in [0.15, 0.2) is 30.3 Å². The minimum atomic E-state index is -0.696. The summed E-state index contributed by atoms with van der Waals surface area (Å²) in [5.74, 6) is -2.02. The fourth-order valence-corrected chi connectivity index (χ4v) is 1.59. The van der Waals surface area contributed by atoms with Crippen LogP contribution in [0.2, 0.25) is 5.15 Å². The van der Waals surface area contributed by atoms with Gasteiger partial charge in [-0.15, -0.1) is 10.2 Å². The van der Waals surface area contributed by atoms with Crippen LogP contribution in [0, 0.1) is 5.82 Å². The molecule has 1 heterocycles. The van der Waals surface area contributed by atoms with Crippen molar-refractivity contribution in [2.24, 2.45) is 0 Å². The molecular weight excluding hydrogens is 301 g/mol. The van der Waals surface area contributed by atoms with Crippen molar-refractivity contribution in [2.75, 3.05) is 12.4 Å². The average Bonchev–Trinajstić information content (AvgIpc) is 2.49. The van der Waals surface area contributed by atoms with Crippen LogP contribution < -0.4 is 5.32 Å². The highest BCUT2D eigenvalue weighted by Crippen LogP contribution is 2.17. The Kier molecular flexibility index (Phi) is 4.44. The van der Waals surface area contributed by atoms with Gasteiger partial charge in [-0.25, -0.2) is 9.18 Å². The molecule has 1 aromatic heterocycles. The van der Waals surface area contributed by atoms with E-state index in [9.17, 15) is 14.0 Å². The molecule has 0 aliphatic heterocycles. The summed E-state index contributed by atoms with van der Waals surface area (Å²) in [4.78, 5) is 23.3. The number of anilines is 1. The quantitative estimate of drug-likeness (QED) is 0.880. The normalized spacial score (nSPS) is 10.0. The van der Waals surface area contributed by atoms with E-state index in [2.05, 4.69) is 20.3 Å². The first kappa shape index (κ1) is 14.9. The van der Waals surface area contributed by atoms with Gasteiger partial charge in [0.05, 0.1) is 18.4 Å². The molecule has 8 heteroatoms. The fraction of sp³-hybridized carbons (Fsp3) is 0.0769. The van der Waals surface area contributed by atoms with E-state index in [1.165, 1.54) is 31.4 Å². The number of rotatable bonds is 3. The number of methoxy groups -OCH3 is 1. The zero-order valence-corrected chi connectivity index (χ0v) is 11.5. The fourth-order valence-electron chi connectivity index (χ4n) is 1.49. The van der Waals surface area contributed by atoms with Crippen LogP contribution in [0.1, 0.15) is 20.8 Å². The van der Waals surface area contributed by atoms with Crippen molar-refractivity contribution >= 4 is 29.2 Å². The molecule has 0 radical (unpaired) electrons. The number of amides is 1. The molecule has 0 aliphatic rings. The Morgan fingerprint density at radius 3 is 2.62 bits per heavy atom. The summed E-state index contributed by atoms with van der Waals surface area (Å²) in [5, 5.41) is 9.51. The second-order valence-electron chi connectivity index (χ2n) is 3.88. The molecule has 108 valence electrons. The van der Waals surface area contributed by atoms with Crippen molar-refractivity contribution in [1.82, 2.24) is 10.2 Å². The Bertz CT molecular complexity index is 692. The maximum absolute atomic E-state index is 13.7. The Morgan fingerprint density at radius 1 is 1.24 bits per heavy atom. The second kappa shape index (κ2) is 6.27. The lowest BCUT2D eigenvalue weighted by molar-refractivity contribution is 0.0600. The standard InChI is InChI=1S/C13H9ClFN3O3/c1-21-13(20)7-2-3-8(15)10(6-7)16-12(19)9-4-5-11(14)18-17-9/h2-6H,1H3,(H,16,19). The monoisotopic (exact) mass is 309 g/mol. The molecule has 0 bridgehead atoms. The van der Waals surface area contributed by atoms with E-state index in [1.807, 2.05) is 0 Å². The van der Waals surface area contributed by atoms with Gasteiger partial charge in [0.1, 0.15) is 5.82 Å². The second-order valence-corrected chi connectivity index (χ2v) is 4.27. The van der Waals surface area contributed by atoms with E-state index >= 15 is 0 Å². The predicted octanol–water partition coefficient (Wildman–Crippen LogP) is 2.31. The van der Waals surface area contributed by atoms with Crippen LogP contribution in [0.5, 0.6) is 0 Å². The Hall–Kier alpha value is -2.54. The summed E-state index contributed by atoms with van der Waals surface area (Å²) in [6, 6.07) is 6.19. The maximum Gasteiger partial charge on any atom is 0.337 e. The Morgan fingerprint density at radius 2 is 2.00 bits per heavy atom. The predicted molar refractivity (Wildman–Crippen MR) is 72.7 cm³/mol. The third-order valence-corrected chi connectivity index (χ3v) is 2.70. The van der Waals surface area contributed by atoms with Crippen LogP contribution in [0.3, 0.4) is 0 Å². The van der Waals surface area contributed by atoms with Crippen LogP contribution in [0.25, 0.3) is 0 Å². The summed E-state index contributed by atoms with van der Waals surface area (Å²) < 4.78 is 18.2. The number of esters is 1. The van der Waals surface area contributed by atoms with Gasteiger partial charge in [-0.05, 0) is 30.3 Å². The molecule has 2 rings (SSSR count). The van der Waals surface area contributed by atoms with Gasteiger partial charge in [0, 0.05) is 0 Å². The molecule has 0 saturated carbocycles. The van der Waals surface area contributed by atoms with Crippen LogP contribution in [0.4, 0.5) is 10.1 Å². The van der Waals surface area contributed by atoms with Crippen molar-refractivity contribution in [2.45, 2.75) is 0 Å². The third-order valence-electron chi connectivity index (χ3n) is 2.50. The number of halogens is 2. The topological polar surface area (TPSA) is 81.2 Å². The molecule has 21 heavy (non-hydrogen) atoms. The Balaban J connectivity index is 2.24. The van der Waals surface area contributed by atoms with Gasteiger partial charge in [-0.2, -0.15) is 0 Å². The number of hydrogen-bond donors (Lipinski definition) is 1. The summed E-state index contributed by atoms with van der Waals surface area (Å²) >= 11 is 5.56. The first-order chi connectivity index (χ1) is 10.0. The number of aromatic nitrogens is 2. The van der Waals surface area contributed by atoms with Crippen molar-refractivity contribution < 1.29 is 18.7 Å². The zero-order chi connectivity index (χ0) is 15.4. The van der Waals surface area contributed by atoms with Crippen molar-refractivity contribution in [3.63, 3.8) is 0 Å². The average molecular weight is 310 g/mol. The maximum atomic E-state index is 13.7. The highest BCUT2D eigenvalue weighted by atomic mass is 35.5. The molecule has 1 N–H and O–H groups in total. The summed E-state index contributed by atoms with van der Waals surface area (Å²) in [6.45, 7) is 0. The van der Waals surface area contributed by atoms with E-state index in [1.54, 1.807) is 0 Å². The highest BCUT2D eigenvalue weighted by molar-refractivity contribution is 6.29. The SMILES string of the molecule is COC(=O)c1ccc(F)c(NC(=O)c2ccc(Cl)nn2)c1. The number of nitrogens with zero attached hydrogens (tertiary/aromatic N) is 2. The molecule has 1 aromatic carbocycles. The smallest absolute Gasteiger partial charge is 0.337 e. The highest BCUT2D eigenvalue weighted by Gasteiger charge is 2.14. The van der Waals surface area contributed by atoms with E-state index in [0.717, 1.165) is 6.07 Å². The molecule has 0 aliphatic carbocycles. The van der Waals surface area contributed by atoms with Crippen LogP contribution >= 0.6 is 11.6 Å². The minimum Gasteiger partial charge on any atom is -0.465 e. The van der Waals surface area contributed by atoms with Gasteiger partial charge in [0.2, 0.25) is 0 Å². The summed E-state index contributed by atoms with van der Waals surface area (Å²) in [6.07, 6.45) is 0. The van der Waals surface area contributed by atoms with Gasteiger partial charge in [-0.3, -0.25) is 4.79 Å². The number of carbonyl (C=O) groups is 2. The van der Waals surface area contributed by atoms with E-state index in [4.69, 9.17) is 11.6 Å². The molecule has 0 saturated heterocycles. The molecular formula is C13H9ClFN3O3. The Labute approximate surface area is 123 Å². The van der Waals surface area contributed by atoms with Crippen LogP contribution in [-0.2, 0) is 4.74 Å². The van der Waals surface area contributed by atoms with Crippen molar-refractivity contribution in [3.8, 4) is 0 Å². The number of nitrogens with one attached hydrogen (secondary N) is 1. The number of ether oxygens (including phenoxy) is 1. The van der Waals surface area contributed by atoms with Gasteiger partial charge in [0.15, 0.2) is 10.8 Å². The zero-order valence-electron chi connectivity index (χ0n) is 10.8. The largest absolute Gasteiger partial charge is 0.465 e.